The molecule has 0 spiro atoms. The number of anilines is 1. The number of nitrogens with one attached hydrogen (secondary N) is 2. The highest BCUT2D eigenvalue weighted by Gasteiger charge is 2.23. The fourth-order valence-electron chi connectivity index (χ4n) is 3.39. The van der Waals surface area contributed by atoms with E-state index >= 15 is 0 Å². The molecule has 0 atom stereocenters. The van der Waals surface area contributed by atoms with Gasteiger partial charge in [0.05, 0.1) is 14.2 Å². The van der Waals surface area contributed by atoms with Crippen LogP contribution in [0.3, 0.4) is 0 Å². The molecule has 1 heterocycles. The zero-order chi connectivity index (χ0) is 21.5. The molecule has 0 aromatic heterocycles. The van der Waals surface area contributed by atoms with Gasteiger partial charge in [-0.2, -0.15) is 0 Å². The van der Waals surface area contributed by atoms with E-state index in [1.165, 1.54) is 31.4 Å². The molecule has 2 N–H and O–H groups in total. The molecule has 1 saturated heterocycles. The van der Waals surface area contributed by atoms with E-state index in [-0.39, 0.29) is 17.8 Å². The summed E-state index contributed by atoms with van der Waals surface area (Å²) in [6, 6.07) is 10.5. The highest BCUT2D eigenvalue weighted by molar-refractivity contribution is 5.95. The average molecular weight is 415 g/mol. The molecule has 1 fully saturated rings. The summed E-state index contributed by atoms with van der Waals surface area (Å²) in [6.45, 7) is 1.74. The molecule has 30 heavy (non-hydrogen) atoms. The van der Waals surface area contributed by atoms with Gasteiger partial charge in [-0.15, -0.1) is 0 Å². The van der Waals surface area contributed by atoms with Crippen LogP contribution in [0.5, 0.6) is 11.5 Å². The lowest BCUT2D eigenvalue weighted by Crippen LogP contribution is -2.43. The summed E-state index contributed by atoms with van der Waals surface area (Å²) >= 11 is 0. The van der Waals surface area contributed by atoms with Crippen LogP contribution < -0.4 is 20.1 Å². The molecule has 0 aliphatic carbocycles. The Morgan fingerprint density at radius 2 is 1.70 bits per heavy atom. The summed E-state index contributed by atoms with van der Waals surface area (Å²) < 4.78 is 23.4. The van der Waals surface area contributed by atoms with E-state index in [4.69, 9.17) is 9.47 Å². The second kappa shape index (κ2) is 9.96. The van der Waals surface area contributed by atoms with E-state index in [0.29, 0.717) is 48.3 Å². The Morgan fingerprint density at radius 3 is 2.33 bits per heavy atom. The molecule has 0 saturated carbocycles. The van der Waals surface area contributed by atoms with E-state index in [9.17, 15) is 14.0 Å². The monoisotopic (exact) mass is 415 g/mol. The number of carbonyl (C=O) groups is 2. The summed E-state index contributed by atoms with van der Waals surface area (Å²) in [5, 5.41) is 5.73. The lowest BCUT2D eigenvalue weighted by molar-refractivity contribution is 0.0938. The lowest BCUT2D eigenvalue weighted by atomic mass is 9.97. The molecule has 0 unspecified atom stereocenters. The van der Waals surface area contributed by atoms with Gasteiger partial charge in [0.1, 0.15) is 5.82 Å². The number of urea groups is 1. The molecule has 3 rings (SSSR count). The van der Waals surface area contributed by atoms with Crippen LogP contribution in [-0.4, -0.2) is 50.7 Å². The summed E-state index contributed by atoms with van der Waals surface area (Å²) in [7, 11) is 3.07. The minimum absolute atomic E-state index is 0.174. The van der Waals surface area contributed by atoms with Crippen LogP contribution in [0.15, 0.2) is 42.5 Å². The van der Waals surface area contributed by atoms with Gasteiger partial charge in [0.2, 0.25) is 0 Å². The first-order chi connectivity index (χ1) is 14.5. The zero-order valence-corrected chi connectivity index (χ0v) is 17.1. The molecular weight excluding hydrogens is 389 g/mol. The Balaban J connectivity index is 1.45. The maximum Gasteiger partial charge on any atom is 0.321 e. The SMILES string of the molecule is COc1ccc(C(=O)NCC2CCN(C(=O)Nc3ccc(F)cc3)CC2)cc1OC. The predicted molar refractivity (Wildman–Crippen MR) is 112 cm³/mol. The number of nitrogens with zero attached hydrogens (tertiary/aromatic N) is 1. The molecule has 7 nitrogen and oxygen atoms in total. The number of hydrogen-bond donors (Lipinski definition) is 2. The van der Waals surface area contributed by atoms with Crippen molar-refractivity contribution in [2.75, 3.05) is 39.2 Å². The van der Waals surface area contributed by atoms with Gasteiger partial charge in [0.25, 0.3) is 5.91 Å². The van der Waals surface area contributed by atoms with Gasteiger partial charge in [-0.05, 0) is 61.2 Å². The molecule has 0 bridgehead atoms. The zero-order valence-electron chi connectivity index (χ0n) is 17.1. The molecule has 160 valence electrons. The number of amides is 3. The maximum atomic E-state index is 13.0. The summed E-state index contributed by atoms with van der Waals surface area (Å²) in [4.78, 5) is 26.5. The molecule has 3 amide bonds. The first kappa shape index (κ1) is 21.4. The number of benzene rings is 2. The van der Waals surface area contributed by atoms with Crippen LogP contribution in [0.2, 0.25) is 0 Å². The van der Waals surface area contributed by atoms with Gasteiger partial charge in [0, 0.05) is 30.9 Å². The van der Waals surface area contributed by atoms with Crippen molar-refractivity contribution in [1.29, 1.82) is 0 Å². The van der Waals surface area contributed by atoms with Gasteiger partial charge in [-0.3, -0.25) is 4.79 Å². The first-order valence-electron chi connectivity index (χ1n) is 9.82. The van der Waals surface area contributed by atoms with Crippen LogP contribution in [0.4, 0.5) is 14.9 Å². The molecule has 8 heteroatoms. The van der Waals surface area contributed by atoms with E-state index in [1.807, 2.05) is 0 Å². The largest absolute Gasteiger partial charge is 0.493 e. The number of methoxy groups -OCH3 is 2. The van der Waals surface area contributed by atoms with Crippen molar-refractivity contribution in [2.45, 2.75) is 12.8 Å². The average Bonchev–Trinajstić information content (AvgIpc) is 2.78. The Labute approximate surface area is 175 Å². The van der Waals surface area contributed by atoms with Crippen molar-refractivity contribution < 1.29 is 23.5 Å². The third kappa shape index (κ3) is 5.40. The molecule has 2 aromatic rings. The van der Waals surface area contributed by atoms with E-state index in [2.05, 4.69) is 10.6 Å². The fraction of sp³-hybridized carbons (Fsp3) is 0.364. The summed E-state index contributed by atoms with van der Waals surface area (Å²) in [6.07, 6.45) is 1.59. The number of hydrogen-bond acceptors (Lipinski definition) is 4. The third-order valence-electron chi connectivity index (χ3n) is 5.19. The van der Waals surface area contributed by atoms with Crippen LogP contribution in [-0.2, 0) is 0 Å². The maximum absolute atomic E-state index is 13.0. The second-order valence-corrected chi connectivity index (χ2v) is 7.15. The molecule has 2 aromatic carbocycles. The first-order valence-corrected chi connectivity index (χ1v) is 9.82. The standard InChI is InChI=1S/C22H26FN3O4/c1-29-19-8-3-16(13-20(19)30-2)21(27)24-14-15-9-11-26(12-10-15)22(28)25-18-6-4-17(23)5-7-18/h3-8,13,15H,9-12,14H2,1-2H3,(H,24,27)(H,25,28). The highest BCUT2D eigenvalue weighted by Crippen LogP contribution is 2.27. The smallest absolute Gasteiger partial charge is 0.321 e. The van der Waals surface area contributed by atoms with Crippen molar-refractivity contribution in [3.63, 3.8) is 0 Å². The van der Waals surface area contributed by atoms with Crippen LogP contribution >= 0.6 is 0 Å². The Kier molecular flexibility index (Phi) is 7.11. The third-order valence-corrected chi connectivity index (χ3v) is 5.19. The Bertz CT molecular complexity index is 880. The molecule has 1 aliphatic rings. The fourth-order valence-corrected chi connectivity index (χ4v) is 3.39. The van der Waals surface area contributed by atoms with Gasteiger partial charge >= 0.3 is 6.03 Å². The van der Waals surface area contributed by atoms with Crippen LogP contribution in [0.25, 0.3) is 0 Å². The van der Waals surface area contributed by atoms with Crippen molar-refractivity contribution in [3.8, 4) is 11.5 Å². The van der Waals surface area contributed by atoms with Gasteiger partial charge < -0.3 is 25.0 Å². The molecule has 1 aliphatic heterocycles. The highest BCUT2D eigenvalue weighted by atomic mass is 19.1. The molecule has 0 radical (unpaired) electrons. The van der Waals surface area contributed by atoms with Gasteiger partial charge in [0.15, 0.2) is 11.5 Å². The van der Waals surface area contributed by atoms with E-state index < -0.39 is 0 Å². The normalized spacial score (nSPS) is 14.2. The number of piperidine rings is 1. The minimum atomic E-state index is -0.344. The number of rotatable bonds is 6. The van der Waals surface area contributed by atoms with Crippen molar-refractivity contribution >= 4 is 17.6 Å². The van der Waals surface area contributed by atoms with E-state index in [1.54, 1.807) is 30.2 Å². The van der Waals surface area contributed by atoms with Crippen molar-refractivity contribution in [3.05, 3.63) is 53.8 Å². The van der Waals surface area contributed by atoms with Crippen molar-refractivity contribution in [1.82, 2.24) is 10.2 Å². The van der Waals surface area contributed by atoms with Crippen LogP contribution in [0, 0.1) is 11.7 Å². The predicted octanol–water partition coefficient (Wildman–Crippen LogP) is 3.52. The minimum Gasteiger partial charge on any atom is -0.493 e. The van der Waals surface area contributed by atoms with Crippen molar-refractivity contribution in [2.24, 2.45) is 5.92 Å². The number of carbonyl (C=O) groups excluding carboxylic acids is 2. The lowest BCUT2D eigenvalue weighted by Gasteiger charge is -2.32. The number of ether oxygens (including phenoxy) is 2. The Hall–Kier alpha value is -3.29. The van der Waals surface area contributed by atoms with E-state index in [0.717, 1.165) is 12.8 Å². The quantitative estimate of drug-likeness (QED) is 0.757. The van der Waals surface area contributed by atoms with Gasteiger partial charge in [-0.1, -0.05) is 0 Å². The topological polar surface area (TPSA) is 79.9 Å². The number of halogens is 1. The summed E-state index contributed by atoms with van der Waals surface area (Å²) in [5.41, 5.74) is 1.06. The number of likely N-dealkylation sites (tertiary alicyclic amines) is 1. The molecular formula is C22H26FN3O4. The summed E-state index contributed by atoms with van der Waals surface area (Å²) in [5.74, 6) is 0.853. The second-order valence-electron chi connectivity index (χ2n) is 7.15. The van der Waals surface area contributed by atoms with Gasteiger partial charge in [-0.25, -0.2) is 9.18 Å². The Morgan fingerprint density at radius 1 is 1.03 bits per heavy atom. The van der Waals surface area contributed by atoms with Crippen LogP contribution in [0.1, 0.15) is 23.2 Å².